The molecule has 0 amide bonds. The molecule has 1 aliphatic heterocycles. The summed E-state index contributed by atoms with van der Waals surface area (Å²) in [6.45, 7) is 2.60. The Balaban J connectivity index is 1.79. The molecule has 0 bridgehead atoms. The van der Waals surface area contributed by atoms with Crippen molar-refractivity contribution in [3.8, 4) is 0 Å². The summed E-state index contributed by atoms with van der Waals surface area (Å²) in [4.78, 5) is 15.0. The summed E-state index contributed by atoms with van der Waals surface area (Å²) >= 11 is 0. The highest BCUT2D eigenvalue weighted by Crippen LogP contribution is 2.31. The molecule has 0 unspecified atom stereocenters. The van der Waals surface area contributed by atoms with E-state index in [1.165, 1.54) is 10.4 Å². The van der Waals surface area contributed by atoms with E-state index >= 15 is 0 Å². The summed E-state index contributed by atoms with van der Waals surface area (Å²) in [5.41, 5.74) is 1.32. The van der Waals surface area contributed by atoms with Crippen LogP contribution in [-0.2, 0) is 10.0 Å². The average molecular weight is 364 g/mol. The van der Waals surface area contributed by atoms with Gasteiger partial charge in [-0.3, -0.25) is 15.1 Å². The Labute approximate surface area is 146 Å². The molecule has 0 radical (unpaired) electrons. The van der Waals surface area contributed by atoms with E-state index in [1.54, 1.807) is 31.3 Å². The maximum atomic E-state index is 11.9. The van der Waals surface area contributed by atoms with Gasteiger partial charge in [-0.1, -0.05) is 0 Å². The molecule has 0 spiro atoms. The van der Waals surface area contributed by atoms with Crippen molar-refractivity contribution in [3.63, 3.8) is 0 Å². The molecule has 3 rings (SSSR count). The molecule has 2 heterocycles. The molecule has 25 heavy (non-hydrogen) atoms. The molecular formula is C16H20N4O4S. The van der Waals surface area contributed by atoms with Gasteiger partial charge in [-0.2, -0.15) is 0 Å². The zero-order valence-electron chi connectivity index (χ0n) is 13.9. The number of hydrogen-bond donors (Lipinski definition) is 1. The van der Waals surface area contributed by atoms with Crippen LogP contribution >= 0.6 is 0 Å². The minimum absolute atomic E-state index is 0.0255. The van der Waals surface area contributed by atoms with Crippen LogP contribution in [0.25, 0.3) is 10.9 Å². The predicted octanol–water partition coefficient (Wildman–Crippen LogP) is 2.37. The number of hydrogen-bond acceptors (Lipinski definition) is 6. The topological polar surface area (TPSA) is 105 Å². The number of nitro groups is 1. The highest BCUT2D eigenvalue weighted by atomic mass is 32.2. The number of anilines is 1. The number of rotatable bonds is 5. The van der Waals surface area contributed by atoms with Crippen molar-refractivity contribution in [3.05, 3.63) is 40.6 Å². The smallest absolute Gasteiger partial charge is 0.278 e. The van der Waals surface area contributed by atoms with Gasteiger partial charge in [0, 0.05) is 31.4 Å². The highest BCUT2D eigenvalue weighted by molar-refractivity contribution is 7.89. The van der Waals surface area contributed by atoms with Crippen LogP contribution in [0.15, 0.2) is 30.5 Å². The Morgan fingerprint density at radius 1 is 1.32 bits per heavy atom. The number of fused-ring (bicyclic) bond motifs is 1. The van der Waals surface area contributed by atoms with E-state index < -0.39 is 14.9 Å². The molecule has 2 aromatic rings. The van der Waals surface area contributed by atoms with Gasteiger partial charge >= 0.3 is 0 Å². The summed E-state index contributed by atoms with van der Waals surface area (Å²) in [6.07, 6.45) is 2.97. The van der Waals surface area contributed by atoms with Crippen LogP contribution in [0.2, 0.25) is 0 Å². The summed E-state index contributed by atoms with van der Waals surface area (Å²) in [7, 11) is -3.15. The van der Waals surface area contributed by atoms with Crippen LogP contribution in [-0.4, -0.2) is 47.5 Å². The fourth-order valence-electron chi connectivity index (χ4n) is 3.11. The van der Waals surface area contributed by atoms with E-state index in [0.717, 1.165) is 5.69 Å². The monoisotopic (exact) mass is 364 g/mol. The molecule has 134 valence electrons. The van der Waals surface area contributed by atoms with Crippen molar-refractivity contribution >= 4 is 32.3 Å². The van der Waals surface area contributed by atoms with Crippen LogP contribution in [0.4, 0.5) is 11.4 Å². The van der Waals surface area contributed by atoms with Crippen LogP contribution in [0.1, 0.15) is 19.8 Å². The van der Waals surface area contributed by atoms with Crippen molar-refractivity contribution < 1.29 is 13.3 Å². The zero-order chi connectivity index (χ0) is 18.0. The minimum atomic E-state index is -3.15. The summed E-state index contributed by atoms with van der Waals surface area (Å²) in [5, 5.41) is 15.0. The molecule has 0 saturated carbocycles. The highest BCUT2D eigenvalue weighted by Gasteiger charge is 2.27. The molecule has 8 nitrogen and oxygen atoms in total. The van der Waals surface area contributed by atoms with Gasteiger partial charge in [-0.25, -0.2) is 12.7 Å². The second kappa shape index (κ2) is 6.93. The van der Waals surface area contributed by atoms with Crippen LogP contribution in [0.5, 0.6) is 0 Å². The van der Waals surface area contributed by atoms with Crippen molar-refractivity contribution in [2.45, 2.75) is 25.8 Å². The van der Waals surface area contributed by atoms with Crippen molar-refractivity contribution in [1.82, 2.24) is 9.29 Å². The molecule has 1 saturated heterocycles. The van der Waals surface area contributed by atoms with Gasteiger partial charge in [-0.15, -0.1) is 0 Å². The number of aromatic nitrogens is 1. The first-order valence-electron chi connectivity index (χ1n) is 8.19. The lowest BCUT2D eigenvalue weighted by molar-refractivity contribution is -0.383. The fourth-order valence-corrected chi connectivity index (χ4v) is 4.25. The molecule has 1 aromatic carbocycles. The quantitative estimate of drug-likeness (QED) is 0.645. The Morgan fingerprint density at radius 2 is 2.04 bits per heavy atom. The van der Waals surface area contributed by atoms with Gasteiger partial charge < -0.3 is 5.32 Å². The molecule has 0 aliphatic carbocycles. The number of nitrogens with one attached hydrogen (secondary N) is 1. The first-order valence-corrected chi connectivity index (χ1v) is 9.80. The second-order valence-electron chi connectivity index (χ2n) is 6.01. The number of piperidine rings is 1. The fraction of sp³-hybridized carbons (Fsp3) is 0.438. The van der Waals surface area contributed by atoms with E-state index in [9.17, 15) is 18.5 Å². The second-order valence-corrected chi connectivity index (χ2v) is 8.26. The van der Waals surface area contributed by atoms with Gasteiger partial charge in [0.1, 0.15) is 5.52 Å². The lowest BCUT2D eigenvalue weighted by Crippen LogP contribution is -2.42. The first-order chi connectivity index (χ1) is 11.9. The van der Waals surface area contributed by atoms with Gasteiger partial charge in [-0.05, 0) is 38.0 Å². The zero-order valence-corrected chi connectivity index (χ0v) is 14.7. The van der Waals surface area contributed by atoms with Gasteiger partial charge in [0.05, 0.1) is 21.7 Å². The van der Waals surface area contributed by atoms with E-state index in [-0.39, 0.29) is 17.5 Å². The molecule has 9 heteroatoms. The number of sulfonamides is 1. The van der Waals surface area contributed by atoms with Crippen LogP contribution < -0.4 is 5.32 Å². The Hall–Kier alpha value is -2.26. The average Bonchev–Trinajstić information content (AvgIpc) is 2.62. The largest absolute Gasteiger partial charge is 0.380 e. The first kappa shape index (κ1) is 17.6. The summed E-state index contributed by atoms with van der Waals surface area (Å²) in [5.74, 6) is 0.113. The van der Waals surface area contributed by atoms with E-state index in [1.807, 2.05) is 0 Å². The molecule has 1 aromatic heterocycles. The normalized spacial score (nSPS) is 16.8. The summed E-state index contributed by atoms with van der Waals surface area (Å²) < 4.78 is 25.4. The van der Waals surface area contributed by atoms with Gasteiger partial charge in [0.2, 0.25) is 10.0 Å². The minimum Gasteiger partial charge on any atom is -0.380 e. The van der Waals surface area contributed by atoms with Crippen molar-refractivity contribution in [1.29, 1.82) is 0 Å². The molecule has 0 atom stereocenters. The Bertz CT molecular complexity index is 892. The molecule has 1 aliphatic rings. The molecular weight excluding hydrogens is 344 g/mol. The van der Waals surface area contributed by atoms with Crippen LogP contribution in [0, 0.1) is 10.1 Å². The SMILES string of the molecule is CCS(=O)(=O)N1CCC(Nc2ccc([N+](=O)[O-])c3cccnc23)CC1. The van der Waals surface area contributed by atoms with Crippen molar-refractivity contribution in [2.24, 2.45) is 0 Å². The maximum Gasteiger partial charge on any atom is 0.278 e. The summed E-state index contributed by atoms with van der Waals surface area (Å²) in [6, 6.07) is 6.61. The van der Waals surface area contributed by atoms with E-state index in [2.05, 4.69) is 10.3 Å². The van der Waals surface area contributed by atoms with Gasteiger partial charge in [0.15, 0.2) is 0 Å². The maximum absolute atomic E-state index is 11.9. The number of benzene rings is 1. The molecule has 1 N–H and O–H groups in total. The van der Waals surface area contributed by atoms with E-state index in [4.69, 9.17) is 0 Å². The third-order valence-electron chi connectivity index (χ3n) is 4.52. The van der Waals surface area contributed by atoms with Gasteiger partial charge in [0.25, 0.3) is 5.69 Å². The lowest BCUT2D eigenvalue weighted by atomic mass is 10.1. The van der Waals surface area contributed by atoms with Crippen LogP contribution in [0.3, 0.4) is 0 Å². The third-order valence-corrected chi connectivity index (χ3v) is 6.40. The van der Waals surface area contributed by atoms with E-state index in [0.29, 0.717) is 36.8 Å². The number of nitrogens with zero attached hydrogens (tertiary/aromatic N) is 3. The standard InChI is InChI=1S/C16H20N4O4S/c1-2-25(23,24)19-10-7-12(8-11-19)18-14-5-6-15(20(21)22)13-4-3-9-17-16(13)14/h3-6,9,12,18H,2,7-8,10-11H2,1H3. The number of nitro benzene ring substituents is 1. The predicted molar refractivity (Wildman–Crippen MR) is 96.1 cm³/mol. The third kappa shape index (κ3) is 3.57. The number of pyridine rings is 1. The Kier molecular flexibility index (Phi) is 4.87. The number of non-ortho nitro benzene ring substituents is 1. The molecule has 1 fully saturated rings. The Morgan fingerprint density at radius 3 is 2.68 bits per heavy atom. The lowest BCUT2D eigenvalue weighted by Gasteiger charge is -2.32. The van der Waals surface area contributed by atoms with Crippen molar-refractivity contribution in [2.75, 3.05) is 24.2 Å².